The van der Waals surface area contributed by atoms with E-state index in [0.717, 1.165) is 26.1 Å². The van der Waals surface area contributed by atoms with E-state index in [-0.39, 0.29) is 12.1 Å². The predicted molar refractivity (Wildman–Crippen MR) is 82.8 cm³/mol. The molecule has 0 aliphatic carbocycles. The first kappa shape index (κ1) is 14.2. The van der Waals surface area contributed by atoms with E-state index in [1.807, 2.05) is 0 Å². The summed E-state index contributed by atoms with van der Waals surface area (Å²) in [7, 11) is 4.23. The highest BCUT2D eigenvalue weighted by Gasteiger charge is 2.28. The Bertz CT molecular complexity index is 382. The van der Waals surface area contributed by atoms with Crippen LogP contribution >= 0.6 is 22.6 Å². The molecule has 2 atom stereocenters. The van der Waals surface area contributed by atoms with Crippen LogP contribution < -0.4 is 0 Å². The summed E-state index contributed by atoms with van der Waals surface area (Å²) in [6.07, 6.45) is 0.442. The van der Waals surface area contributed by atoms with Gasteiger partial charge in [-0.1, -0.05) is 12.1 Å². The van der Waals surface area contributed by atoms with Gasteiger partial charge in [0.05, 0.1) is 6.10 Å². The Hall–Kier alpha value is -0.170. The van der Waals surface area contributed by atoms with Crippen LogP contribution in [0.2, 0.25) is 0 Å². The average Bonchev–Trinajstić information content (AvgIpc) is 2.35. The maximum Gasteiger partial charge on any atom is 0.0747 e. The van der Waals surface area contributed by atoms with Crippen molar-refractivity contribution < 1.29 is 5.11 Å². The van der Waals surface area contributed by atoms with E-state index in [0.29, 0.717) is 0 Å². The van der Waals surface area contributed by atoms with Gasteiger partial charge in [0.25, 0.3) is 0 Å². The van der Waals surface area contributed by atoms with Crippen LogP contribution in [0.3, 0.4) is 0 Å². The number of likely N-dealkylation sites (N-methyl/N-ethyl adjacent to an activating group) is 2. The van der Waals surface area contributed by atoms with Crippen molar-refractivity contribution in [1.29, 1.82) is 0 Å². The normalized spacial score (nSPS) is 24.1. The molecule has 1 aromatic carbocycles. The minimum atomic E-state index is -0.294. The number of rotatable bonds is 3. The minimum Gasteiger partial charge on any atom is -0.391 e. The monoisotopic (exact) mass is 360 g/mol. The average molecular weight is 360 g/mol. The number of piperazine rings is 1. The lowest BCUT2D eigenvalue weighted by atomic mass is 9.99. The Morgan fingerprint density at radius 2 is 1.94 bits per heavy atom. The number of aliphatic hydroxyl groups is 1. The summed E-state index contributed by atoms with van der Waals surface area (Å²) in [4.78, 5) is 4.57. The van der Waals surface area contributed by atoms with E-state index in [4.69, 9.17) is 0 Å². The standard InChI is InChI=1S/C14H21IN2O/c1-16-7-8-17(2)13(10-16)14(18)9-11-3-5-12(15)6-4-11/h3-6,13-14,18H,7-10H2,1-2H3. The van der Waals surface area contributed by atoms with Gasteiger partial charge in [-0.05, 0) is 60.8 Å². The van der Waals surface area contributed by atoms with E-state index in [1.54, 1.807) is 0 Å². The van der Waals surface area contributed by atoms with Crippen LogP contribution in [0.25, 0.3) is 0 Å². The zero-order valence-corrected chi connectivity index (χ0v) is 13.2. The maximum atomic E-state index is 10.4. The Labute approximate surface area is 123 Å². The van der Waals surface area contributed by atoms with Gasteiger partial charge in [-0.25, -0.2) is 0 Å². The summed E-state index contributed by atoms with van der Waals surface area (Å²) in [5.74, 6) is 0. The summed E-state index contributed by atoms with van der Waals surface area (Å²) in [5, 5.41) is 10.4. The van der Waals surface area contributed by atoms with Gasteiger partial charge in [-0.3, -0.25) is 4.90 Å². The van der Waals surface area contributed by atoms with Crippen LogP contribution in [0.15, 0.2) is 24.3 Å². The second kappa shape index (κ2) is 6.32. The molecule has 1 saturated heterocycles. The molecule has 4 heteroatoms. The molecule has 0 saturated carbocycles. The Balaban J connectivity index is 1.98. The van der Waals surface area contributed by atoms with E-state index in [2.05, 4.69) is 70.8 Å². The summed E-state index contributed by atoms with van der Waals surface area (Å²) >= 11 is 2.30. The first-order valence-corrected chi connectivity index (χ1v) is 7.45. The lowest BCUT2D eigenvalue weighted by Gasteiger charge is -2.40. The summed E-state index contributed by atoms with van der Waals surface area (Å²) in [6, 6.07) is 8.65. The van der Waals surface area contributed by atoms with Gasteiger partial charge in [0, 0.05) is 29.2 Å². The largest absolute Gasteiger partial charge is 0.391 e. The molecule has 18 heavy (non-hydrogen) atoms. The van der Waals surface area contributed by atoms with Gasteiger partial charge in [0.15, 0.2) is 0 Å². The molecule has 1 N–H and O–H groups in total. The first-order valence-electron chi connectivity index (χ1n) is 6.37. The number of hydrogen-bond donors (Lipinski definition) is 1. The molecule has 0 spiro atoms. The first-order chi connectivity index (χ1) is 8.56. The minimum absolute atomic E-state index is 0.239. The zero-order valence-electron chi connectivity index (χ0n) is 11.0. The van der Waals surface area contributed by atoms with Gasteiger partial charge in [-0.15, -0.1) is 0 Å². The molecule has 0 aromatic heterocycles. The van der Waals surface area contributed by atoms with Crippen molar-refractivity contribution in [2.45, 2.75) is 18.6 Å². The lowest BCUT2D eigenvalue weighted by molar-refractivity contribution is 0.0153. The second-order valence-corrected chi connectivity index (χ2v) is 6.45. The van der Waals surface area contributed by atoms with Crippen molar-refractivity contribution in [2.75, 3.05) is 33.7 Å². The van der Waals surface area contributed by atoms with E-state index < -0.39 is 0 Å². The van der Waals surface area contributed by atoms with E-state index in [9.17, 15) is 5.11 Å². The number of halogens is 1. The molecule has 1 aromatic rings. The quantitative estimate of drug-likeness (QED) is 0.827. The highest BCUT2D eigenvalue weighted by atomic mass is 127. The van der Waals surface area contributed by atoms with Crippen LogP contribution in [0.1, 0.15) is 5.56 Å². The molecule has 1 heterocycles. The fourth-order valence-electron chi connectivity index (χ4n) is 2.46. The Kier molecular flexibility index (Phi) is 5.00. The van der Waals surface area contributed by atoms with Gasteiger partial charge in [0.2, 0.25) is 0 Å². The molecule has 1 fully saturated rings. The Morgan fingerprint density at radius 3 is 2.61 bits per heavy atom. The highest BCUT2D eigenvalue weighted by Crippen LogP contribution is 2.15. The smallest absolute Gasteiger partial charge is 0.0747 e. The van der Waals surface area contributed by atoms with Crippen molar-refractivity contribution in [3.8, 4) is 0 Å². The molecule has 0 amide bonds. The molecule has 0 radical (unpaired) electrons. The van der Waals surface area contributed by atoms with Gasteiger partial charge in [-0.2, -0.15) is 0 Å². The third-order valence-corrected chi connectivity index (χ3v) is 4.42. The number of benzene rings is 1. The van der Waals surface area contributed by atoms with Crippen LogP contribution in [0, 0.1) is 3.57 Å². The molecular weight excluding hydrogens is 339 g/mol. The van der Waals surface area contributed by atoms with Gasteiger partial charge in [0.1, 0.15) is 0 Å². The summed E-state index contributed by atoms with van der Waals surface area (Å²) < 4.78 is 1.24. The Morgan fingerprint density at radius 1 is 1.28 bits per heavy atom. The van der Waals surface area contributed by atoms with Gasteiger partial charge < -0.3 is 10.0 Å². The molecule has 100 valence electrons. The van der Waals surface area contributed by atoms with E-state index in [1.165, 1.54) is 9.13 Å². The maximum absolute atomic E-state index is 10.4. The van der Waals surface area contributed by atoms with Crippen LogP contribution in [-0.4, -0.2) is 60.8 Å². The van der Waals surface area contributed by atoms with Crippen LogP contribution in [0.4, 0.5) is 0 Å². The predicted octanol–water partition coefficient (Wildman–Crippen LogP) is 1.44. The second-order valence-electron chi connectivity index (χ2n) is 5.21. The number of nitrogens with zero attached hydrogens (tertiary/aromatic N) is 2. The van der Waals surface area contributed by atoms with Crippen molar-refractivity contribution in [3.05, 3.63) is 33.4 Å². The number of aliphatic hydroxyl groups excluding tert-OH is 1. The zero-order chi connectivity index (χ0) is 13.1. The topological polar surface area (TPSA) is 26.7 Å². The van der Waals surface area contributed by atoms with Crippen molar-refractivity contribution in [1.82, 2.24) is 9.80 Å². The van der Waals surface area contributed by atoms with Crippen LogP contribution in [-0.2, 0) is 6.42 Å². The van der Waals surface area contributed by atoms with E-state index >= 15 is 0 Å². The van der Waals surface area contributed by atoms with Crippen molar-refractivity contribution in [3.63, 3.8) is 0 Å². The fraction of sp³-hybridized carbons (Fsp3) is 0.571. The van der Waals surface area contributed by atoms with Crippen molar-refractivity contribution in [2.24, 2.45) is 0 Å². The molecule has 1 aliphatic heterocycles. The van der Waals surface area contributed by atoms with Crippen molar-refractivity contribution >= 4 is 22.6 Å². The van der Waals surface area contributed by atoms with Gasteiger partial charge >= 0.3 is 0 Å². The molecule has 2 rings (SSSR count). The third-order valence-electron chi connectivity index (χ3n) is 3.70. The summed E-state index contributed by atoms with van der Waals surface area (Å²) in [6.45, 7) is 3.07. The molecule has 1 aliphatic rings. The summed E-state index contributed by atoms with van der Waals surface area (Å²) in [5.41, 5.74) is 1.21. The molecule has 3 nitrogen and oxygen atoms in total. The molecule has 0 bridgehead atoms. The molecule has 2 unspecified atom stereocenters. The third kappa shape index (κ3) is 3.66. The fourth-order valence-corrected chi connectivity index (χ4v) is 2.82. The van der Waals surface area contributed by atoms with Crippen LogP contribution in [0.5, 0.6) is 0 Å². The highest BCUT2D eigenvalue weighted by molar-refractivity contribution is 14.1. The molecular formula is C14H21IN2O. The SMILES string of the molecule is CN1CCN(C)C(C(O)Cc2ccc(I)cc2)C1. The lowest BCUT2D eigenvalue weighted by Crippen LogP contribution is -2.55. The number of hydrogen-bond acceptors (Lipinski definition) is 3.